The summed E-state index contributed by atoms with van der Waals surface area (Å²) in [7, 11) is 0. The second-order valence-electron chi connectivity index (χ2n) is 3.67. The lowest BCUT2D eigenvalue weighted by Gasteiger charge is -2.22. The number of carbonyl (C=O) groups is 1. The molecule has 2 rings (SSSR count). The fourth-order valence-electron chi connectivity index (χ4n) is 1.47. The fourth-order valence-corrected chi connectivity index (χ4v) is 1.47. The van der Waals surface area contributed by atoms with Crippen molar-refractivity contribution in [1.29, 1.82) is 5.26 Å². The van der Waals surface area contributed by atoms with E-state index in [1.165, 1.54) is 17.1 Å². The smallest absolute Gasteiger partial charge is 0.280 e. The number of rotatable bonds is 3. The number of hydrogen-bond acceptors (Lipinski definition) is 5. The average molecular weight is 245 g/mol. The van der Waals surface area contributed by atoms with Gasteiger partial charge in [0.2, 0.25) is 5.90 Å². The lowest BCUT2D eigenvalue weighted by molar-refractivity contribution is -0.135. The van der Waals surface area contributed by atoms with Crippen LogP contribution in [0.5, 0.6) is 5.75 Å². The molecule has 1 heterocycles. The van der Waals surface area contributed by atoms with E-state index in [-0.39, 0.29) is 31.2 Å². The predicted octanol–water partition coefficient (Wildman–Crippen LogP) is 0.826. The predicted molar refractivity (Wildman–Crippen MR) is 62.5 cm³/mol. The quantitative estimate of drug-likeness (QED) is 0.854. The van der Waals surface area contributed by atoms with Crippen molar-refractivity contribution in [3.63, 3.8) is 0 Å². The number of carbonyl (C=O) groups excluding carboxylic acids is 1. The summed E-state index contributed by atoms with van der Waals surface area (Å²) in [5.74, 6) is 0.188. The molecule has 0 aromatic heterocycles. The molecule has 0 saturated carbocycles. The summed E-state index contributed by atoms with van der Waals surface area (Å²) in [5.41, 5.74) is 0.669. The Hall–Kier alpha value is -2.55. The van der Waals surface area contributed by atoms with Gasteiger partial charge in [0.25, 0.3) is 5.91 Å². The van der Waals surface area contributed by atoms with E-state index in [9.17, 15) is 9.90 Å². The average Bonchev–Trinajstić information content (AvgIpc) is 2.39. The van der Waals surface area contributed by atoms with E-state index in [0.717, 1.165) is 0 Å². The number of phenols is 1. The summed E-state index contributed by atoms with van der Waals surface area (Å²) >= 11 is 0. The molecular formula is C12H11N3O3. The van der Waals surface area contributed by atoms with Crippen LogP contribution < -0.4 is 0 Å². The van der Waals surface area contributed by atoms with Gasteiger partial charge in [0, 0.05) is 5.56 Å². The lowest BCUT2D eigenvalue weighted by Crippen LogP contribution is -2.37. The van der Waals surface area contributed by atoms with Crippen LogP contribution >= 0.6 is 0 Å². The van der Waals surface area contributed by atoms with Crippen molar-refractivity contribution >= 4 is 11.8 Å². The molecule has 6 heteroatoms. The largest absolute Gasteiger partial charge is 0.508 e. The molecular weight excluding hydrogens is 234 g/mol. The van der Waals surface area contributed by atoms with E-state index in [2.05, 4.69) is 5.10 Å². The van der Waals surface area contributed by atoms with Crippen LogP contribution in [0.15, 0.2) is 29.4 Å². The van der Waals surface area contributed by atoms with Crippen LogP contribution in [0.1, 0.15) is 12.0 Å². The van der Waals surface area contributed by atoms with Crippen LogP contribution in [-0.4, -0.2) is 35.1 Å². The summed E-state index contributed by atoms with van der Waals surface area (Å²) in [4.78, 5) is 11.5. The van der Waals surface area contributed by atoms with Gasteiger partial charge >= 0.3 is 0 Å². The first kappa shape index (κ1) is 11.9. The molecule has 0 saturated heterocycles. The molecule has 0 atom stereocenters. The van der Waals surface area contributed by atoms with Crippen LogP contribution in [0.3, 0.4) is 0 Å². The molecule has 0 unspecified atom stereocenters. The Balaban J connectivity index is 2.20. The maximum absolute atomic E-state index is 11.5. The van der Waals surface area contributed by atoms with Gasteiger partial charge in [0.1, 0.15) is 5.75 Å². The first-order chi connectivity index (χ1) is 8.70. The Morgan fingerprint density at radius 3 is 2.83 bits per heavy atom. The van der Waals surface area contributed by atoms with E-state index >= 15 is 0 Å². The highest BCUT2D eigenvalue weighted by Crippen LogP contribution is 2.14. The van der Waals surface area contributed by atoms with Gasteiger partial charge in [0.05, 0.1) is 19.0 Å². The number of amides is 1. The summed E-state index contributed by atoms with van der Waals surface area (Å²) in [5, 5.41) is 23.0. The zero-order valence-corrected chi connectivity index (χ0v) is 9.54. The van der Waals surface area contributed by atoms with Gasteiger partial charge in [-0.25, -0.2) is 5.01 Å². The molecule has 0 bridgehead atoms. The van der Waals surface area contributed by atoms with Crippen LogP contribution in [0.2, 0.25) is 0 Å². The number of hydrogen-bond donors (Lipinski definition) is 1. The zero-order chi connectivity index (χ0) is 13.0. The second-order valence-corrected chi connectivity index (χ2v) is 3.67. The number of aromatic hydroxyl groups is 1. The maximum atomic E-state index is 11.5. The van der Waals surface area contributed by atoms with Crippen molar-refractivity contribution in [3.05, 3.63) is 29.8 Å². The van der Waals surface area contributed by atoms with Crippen molar-refractivity contribution in [2.24, 2.45) is 5.10 Å². The Morgan fingerprint density at radius 1 is 1.44 bits per heavy atom. The molecule has 1 N–H and O–H groups in total. The third kappa shape index (κ3) is 2.58. The van der Waals surface area contributed by atoms with E-state index < -0.39 is 0 Å². The normalized spacial score (nSPS) is 14.7. The van der Waals surface area contributed by atoms with Gasteiger partial charge in [-0.2, -0.15) is 5.26 Å². The lowest BCUT2D eigenvalue weighted by atomic mass is 10.2. The van der Waals surface area contributed by atoms with Crippen molar-refractivity contribution in [1.82, 2.24) is 5.01 Å². The number of benzene rings is 1. The topological polar surface area (TPSA) is 85.9 Å². The van der Waals surface area contributed by atoms with Gasteiger partial charge in [-0.3, -0.25) is 4.79 Å². The molecule has 1 aromatic carbocycles. The number of nitriles is 1. The minimum absolute atomic E-state index is 0.0921. The van der Waals surface area contributed by atoms with Crippen molar-refractivity contribution in [3.8, 4) is 11.8 Å². The molecule has 1 aliphatic rings. The Kier molecular flexibility index (Phi) is 3.44. The van der Waals surface area contributed by atoms with Crippen molar-refractivity contribution < 1.29 is 14.6 Å². The SMILES string of the molecule is N#CCCN1N=C(c2ccc(O)cc2)OCC1=O. The van der Waals surface area contributed by atoms with Crippen LogP contribution in [-0.2, 0) is 9.53 Å². The number of hydrazone groups is 1. The third-order valence-electron chi connectivity index (χ3n) is 2.38. The standard InChI is InChI=1S/C12H11N3O3/c13-6-1-7-15-11(17)8-18-12(14-15)9-2-4-10(16)5-3-9/h2-5,16H,1,7-8H2. The van der Waals surface area contributed by atoms with Gasteiger partial charge < -0.3 is 9.84 Å². The van der Waals surface area contributed by atoms with E-state index in [4.69, 9.17) is 10.00 Å². The molecule has 0 aliphatic carbocycles. The molecule has 92 valence electrons. The minimum Gasteiger partial charge on any atom is -0.508 e. The van der Waals surface area contributed by atoms with Crippen LogP contribution in [0.25, 0.3) is 0 Å². The van der Waals surface area contributed by atoms with Crippen LogP contribution in [0.4, 0.5) is 0 Å². The molecule has 18 heavy (non-hydrogen) atoms. The monoisotopic (exact) mass is 245 g/mol. The maximum Gasteiger partial charge on any atom is 0.280 e. The van der Waals surface area contributed by atoms with Gasteiger partial charge in [-0.1, -0.05) is 0 Å². The highest BCUT2D eigenvalue weighted by Gasteiger charge is 2.21. The Labute approximate surface area is 104 Å². The number of nitrogens with zero attached hydrogens (tertiary/aromatic N) is 3. The summed E-state index contributed by atoms with van der Waals surface area (Å²) < 4.78 is 5.22. The highest BCUT2D eigenvalue weighted by atomic mass is 16.5. The van der Waals surface area contributed by atoms with Crippen molar-refractivity contribution in [2.75, 3.05) is 13.2 Å². The van der Waals surface area contributed by atoms with Gasteiger partial charge in [0.15, 0.2) is 6.61 Å². The van der Waals surface area contributed by atoms with E-state index in [1.807, 2.05) is 6.07 Å². The third-order valence-corrected chi connectivity index (χ3v) is 2.38. The van der Waals surface area contributed by atoms with Gasteiger partial charge in [-0.05, 0) is 24.3 Å². The zero-order valence-electron chi connectivity index (χ0n) is 9.54. The van der Waals surface area contributed by atoms with Crippen molar-refractivity contribution in [2.45, 2.75) is 6.42 Å². The highest BCUT2D eigenvalue weighted by molar-refractivity contribution is 5.98. The van der Waals surface area contributed by atoms with E-state index in [0.29, 0.717) is 11.5 Å². The summed E-state index contributed by atoms with van der Waals surface area (Å²) in [6.07, 6.45) is 0.220. The first-order valence-corrected chi connectivity index (χ1v) is 5.39. The first-order valence-electron chi connectivity index (χ1n) is 5.39. The molecule has 1 amide bonds. The van der Waals surface area contributed by atoms with Crippen LogP contribution in [0, 0.1) is 11.3 Å². The van der Waals surface area contributed by atoms with Gasteiger partial charge in [-0.15, -0.1) is 5.10 Å². The molecule has 1 aromatic rings. The fraction of sp³-hybridized carbons (Fsp3) is 0.250. The number of ether oxygens (including phenoxy) is 1. The molecule has 1 aliphatic heterocycles. The summed E-state index contributed by atoms with van der Waals surface area (Å²) in [6, 6.07) is 8.27. The molecule has 0 spiro atoms. The number of phenolic OH excluding ortho intramolecular Hbond substituents is 1. The summed E-state index contributed by atoms with van der Waals surface area (Å²) in [6.45, 7) is 0.158. The molecule has 0 fully saturated rings. The molecule has 0 radical (unpaired) electrons. The second kappa shape index (κ2) is 5.19. The minimum atomic E-state index is -0.271. The Morgan fingerprint density at radius 2 is 2.17 bits per heavy atom. The molecule has 6 nitrogen and oxygen atoms in total. The Bertz CT molecular complexity index is 516. The van der Waals surface area contributed by atoms with E-state index in [1.54, 1.807) is 12.1 Å².